The zero-order chi connectivity index (χ0) is 14.1. The lowest BCUT2D eigenvalue weighted by atomic mass is 10.3. The van der Waals surface area contributed by atoms with Crippen LogP contribution in [0.3, 0.4) is 0 Å². The topological polar surface area (TPSA) is 90.2 Å². The van der Waals surface area contributed by atoms with E-state index in [2.05, 4.69) is 14.8 Å². The minimum Gasteiger partial charge on any atom is -0.455 e. The van der Waals surface area contributed by atoms with Crippen molar-refractivity contribution in [3.8, 4) is 0 Å². The van der Waals surface area contributed by atoms with Gasteiger partial charge in [-0.25, -0.2) is 0 Å². The first kappa shape index (κ1) is 12.9. The van der Waals surface area contributed by atoms with E-state index in [1.165, 1.54) is 0 Å². The smallest absolute Gasteiger partial charge is 0.289 e. The van der Waals surface area contributed by atoms with Crippen molar-refractivity contribution in [2.45, 2.75) is 32.5 Å². The van der Waals surface area contributed by atoms with Gasteiger partial charge in [0.25, 0.3) is 5.91 Å². The standard InChI is InChI=1S/C13H17N5O2/c1-17(13(19)10-5-4-9(7-14)20-10)8-12-16-15-11-3-2-6-18(11)12/h4-5H,2-3,6-8,14H2,1H3. The number of furan rings is 1. The average Bonchev–Trinajstić information content (AvgIpc) is 3.15. The molecule has 0 fully saturated rings. The van der Waals surface area contributed by atoms with E-state index < -0.39 is 0 Å². The van der Waals surface area contributed by atoms with Crippen LogP contribution in [-0.4, -0.2) is 32.6 Å². The molecule has 3 heterocycles. The number of hydrogen-bond donors (Lipinski definition) is 1. The Morgan fingerprint density at radius 2 is 2.35 bits per heavy atom. The second-order valence-electron chi connectivity index (χ2n) is 4.92. The number of carbonyl (C=O) groups is 1. The number of aryl methyl sites for hydroxylation is 1. The number of nitrogens with zero attached hydrogens (tertiary/aromatic N) is 4. The van der Waals surface area contributed by atoms with Gasteiger partial charge in [-0.3, -0.25) is 4.79 Å². The van der Waals surface area contributed by atoms with Crippen molar-refractivity contribution < 1.29 is 9.21 Å². The maximum atomic E-state index is 12.2. The van der Waals surface area contributed by atoms with Gasteiger partial charge in [0.1, 0.15) is 11.6 Å². The van der Waals surface area contributed by atoms with E-state index in [-0.39, 0.29) is 12.5 Å². The fraction of sp³-hybridized carbons (Fsp3) is 0.462. The molecule has 0 unspecified atom stereocenters. The third kappa shape index (κ3) is 2.20. The highest BCUT2D eigenvalue weighted by atomic mass is 16.4. The lowest BCUT2D eigenvalue weighted by Gasteiger charge is -2.15. The van der Waals surface area contributed by atoms with Gasteiger partial charge in [0.15, 0.2) is 11.6 Å². The molecular weight excluding hydrogens is 258 g/mol. The number of rotatable bonds is 4. The number of nitrogens with two attached hydrogens (primary N) is 1. The van der Waals surface area contributed by atoms with Crippen LogP contribution in [0.4, 0.5) is 0 Å². The van der Waals surface area contributed by atoms with Gasteiger partial charge in [0, 0.05) is 20.0 Å². The highest BCUT2D eigenvalue weighted by molar-refractivity contribution is 5.91. The van der Waals surface area contributed by atoms with E-state index in [9.17, 15) is 4.79 Å². The van der Waals surface area contributed by atoms with Gasteiger partial charge < -0.3 is 19.6 Å². The quantitative estimate of drug-likeness (QED) is 0.880. The number of carbonyl (C=O) groups excluding carboxylic acids is 1. The van der Waals surface area contributed by atoms with E-state index in [0.717, 1.165) is 31.0 Å². The Balaban J connectivity index is 1.72. The Labute approximate surface area is 116 Å². The fourth-order valence-electron chi connectivity index (χ4n) is 2.40. The lowest BCUT2D eigenvalue weighted by molar-refractivity contribution is 0.0746. The predicted molar refractivity (Wildman–Crippen MR) is 70.7 cm³/mol. The van der Waals surface area contributed by atoms with E-state index in [4.69, 9.17) is 10.2 Å². The molecule has 0 saturated heterocycles. The molecule has 7 nitrogen and oxygen atoms in total. The summed E-state index contributed by atoms with van der Waals surface area (Å²) < 4.78 is 7.45. The van der Waals surface area contributed by atoms with Gasteiger partial charge >= 0.3 is 0 Å². The van der Waals surface area contributed by atoms with Crippen LogP contribution >= 0.6 is 0 Å². The third-order valence-corrected chi connectivity index (χ3v) is 3.49. The summed E-state index contributed by atoms with van der Waals surface area (Å²) in [5.41, 5.74) is 5.47. The summed E-state index contributed by atoms with van der Waals surface area (Å²) in [6.45, 7) is 1.64. The van der Waals surface area contributed by atoms with Crippen molar-refractivity contribution in [3.05, 3.63) is 35.3 Å². The van der Waals surface area contributed by atoms with Crippen molar-refractivity contribution in [3.63, 3.8) is 0 Å². The maximum Gasteiger partial charge on any atom is 0.289 e. The summed E-state index contributed by atoms with van der Waals surface area (Å²) >= 11 is 0. The normalized spacial score (nSPS) is 13.5. The molecule has 0 radical (unpaired) electrons. The molecule has 0 atom stereocenters. The van der Waals surface area contributed by atoms with E-state index in [0.29, 0.717) is 18.1 Å². The Morgan fingerprint density at radius 1 is 1.50 bits per heavy atom. The first-order valence-corrected chi connectivity index (χ1v) is 6.64. The van der Waals surface area contributed by atoms with E-state index >= 15 is 0 Å². The molecule has 7 heteroatoms. The zero-order valence-corrected chi connectivity index (χ0v) is 11.4. The molecule has 3 rings (SSSR count). The average molecular weight is 275 g/mol. The molecule has 106 valence electrons. The van der Waals surface area contributed by atoms with Crippen LogP contribution in [0.1, 0.15) is 34.4 Å². The van der Waals surface area contributed by atoms with Crippen LogP contribution in [0, 0.1) is 0 Å². The summed E-state index contributed by atoms with van der Waals surface area (Å²) in [6.07, 6.45) is 2.05. The van der Waals surface area contributed by atoms with Gasteiger partial charge in [-0.15, -0.1) is 10.2 Å². The SMILES string of the molecule is CN(Cc1nnc2n1CCC2)C(=O)c1ccc(CN)o1. The Morgan fingerprint density at radius 3 is 3.10 bits per heavy atom. The molecule has 1 aliphatic heterocycles. The molecule has 0 spiro atoms. The second-order valence-corrected chi connectivity index (χ2v) is 4.92. The van der Waals surface area contributed by atoms with Crippen molar-refractivity contribution in [2.24, 2.45) is 5.73 Å². The summed E-state index contributed by atoms with van der Waals surface area (Å²) in [5, 5.41) is 8.28. The Kier molecular flexibility index (Phi) is 3.27. The van der Waals surface area contributed by atoms with Crippen LogP contribution in [0.5, 0.6) is 0 Å². The highest BCUT2D eigenvalue weighted by Crippen LogP contribution is 2.16. The highest BCUT2D eigenvalue weighted by Gasteiger charge is 2.21. The molecule has 2 aromatic heterocycles. The molecular formula is C13H17N5O2. The largest absolute Gasteiger partial charge is 0.455 e. The maximum absolute atomic E-state index is 12.2. The van der Waals surface area contributed by atoms with Gasteiger partial charge in [-0.2, -0.15) is 0 Å². The number of hydrogen-bond acceptors (Lipinski definition) is 5. The summed E-state index contributed by atoms with van der Waals surface area (Å²) in [6, 6.07) is 3.37. The minimum atomic E-state index is -0.181. The molecule has 0 aliphatic carbocycles. The molecule has 1 aliphatic rings. The Hall–Kier alpha value is -2.15. The monoisotopic (exact) mass is 275 g/mol. The number of aromatic nitrogens is 3. The molecule has 2 N–H and O–H groups in total. The molecule has 20 heavy (non-hydrogen) atoms. The molecule has 2 aromatic rings. The molecule has 1 amide bonds. The van der Waals surface area contributed by atoms with Crippen LogP contribution in [-0.2, 0) is 26.1 Å². The molecule has 0 aromatic carbocycles. The van der Waals surface area contributed by atoms with Crippen molar-refractivity contribution in [2.75, 3.05) is 7.05 Å². The van der Waals surface area contributed by atoms with Crippen LogP contribution < -0.4 is 5.73 Å². The summed E-state index contributed by atoms with van der Waals surface area (Å²) in [7, 11) is 1.73. The number of fused-ring (bicyclic) bond motifs is 1. The molecule has 0 bridgehead atoms. The van der Waals surface area contributed by atoms with E-state index in [1.807, 2.05) is 0 Å². The predicted octanol–water partition coefficient (Wildman–Crippen LogP) is 0.548. The zero-order valence-electron chi connectivity index (χ0n) is 11.4. The first-order valence-electron chi connectivity index (χ1n) is 6.64. The molecule has 0 saturated carbocycles. The minimum absolute atomic E-state index is 0.181. The number of amides is 1. The summed E-state index contributed by atoms with van der Waals surface area (Å²) in [5.74, 6) is 2.54. The van der Waals surface area contributed by atoms with Gasteiger partial charge in [0.2, 0.25) is 0 Å². The van der Waals surface area contributed by atoms with Crippen molar-refractivity contribution in [1.82, 2.24) is 19.7 Å². The van der Waals surface area contributed by atoms with Gasteiger partial charge in [0.05, 0.1) is 13.1 Å². The van der Waals surface area contributed by atoms with Crippen molar-refractivity contribution >= 4 is 5.91 Å². The van der Waals surface area contributed by atoms with E-state index in [1.54, 1.807) is 24.1 Å². The van der Waals surface area contributed by atoms with Crippen LogP contribution in [0.15, 0.2) is 16.5 Å². The van der Waals surface area contributed by atoms with Gasteiger partial charge in [-0.1, -0.05) is 0 Å². The van der Waals surface area contributed by atoms with Crippen molar-refractivity contribution in [1.29, 1.82) is 0 Å². The second kappa shape index (κ2) is 5.09. The van der Waals surface area contributed by atoms with Crippen LogP contribution in [0.25, 0.3) is 0 Å². The summed E-state index contributed by atoms with van der Waals surface area (Å²) in [4.78, 5) is 13.8. The van der Waals surface area contributed by atoms with Gasteiger partial charge in [-0.05, 0) is 18.6 Å². The Bertz CT molecular complexity index is 630. The first-order chi connectivity index (χ1) is 9.69. The third-order valence-electron chi connectivity index (χ3n) is 3.49. The fourth-order valence-corrected chi connectivity index (χ4v) is 2.40. The lowest BCUT2D eigenvalue weighted by Crippen LogP contribution is -2.27. The van der Waals surface area contributed by atoms with Crippen LogP contribution in [0.2, 0.25) is 0 Å².